The van der Waals surface area contributed by atoms with Gasteiger partial charge in [0, 0.05) is 22.9 Å². The zero-order valence-corrected chi connectivity index (χ0v) is 14.7. The van der Waals surface area contributed by atoms with Crippen molar-refractivity contribution < 1.29 is 23.1 Å². The fourth-order valence-corrected chi connectivity index (χ4v) is 2.88. The Hall–Kier alpha value is -3.49. The van der Waals surface area contributed by atoms with Crippen LogP contribution in [0.5, 0.6) is 0 Å². The number of carbonyl (C=O) groups is 1. The summed E-state index contributed by atoms with van der Waals surface area (Å²) in [6, 6.07) is 6.27. The number of carboxylic acids is 1. The predicted molar refractivity (Wildman–Crippen MR) is 96.5 cm³/mol. The molecule has 28 heavy (non-hydrogen) atoms. The van der Waals surface area contributed by atoms with E-state index < -0.39 is 23.3 Å². The lowest BCUT2D eigenvalue weighted by Crippen LogP contribution is -2.13. The molecule has 144 valence electrons. The van der Waals surface area contributed by atoms with Gasteiger partial charge in [-0.2, -0.15) is 13.2 Å². The number of hydrogen-bond acceptors (Lipinski definition) is 5. The summed E-state index contributed by atoms with van der Waals surface area (Å²) in [5.74, 6) is -1.36. The molecule has 0 aliphatic rings. The molecule has 0 fully saturated rings. The second-order valence-corrected chi connectivity index (χ2v) is 5.93. The van der Waals surface area contributed by atoms with Crippen molar-refractivity contribution in [2.75, 3.05) is 5.73 Å². The van der Waals surface area contributed by atoms with Crippen LogP contribution in [-0.4, -0.2) is 26.0 Å². The van der Waals surface area contributed by atoms with Gasteiger partial charge in [0.15, 0.2) is 0 Å². The van der Waals surface area contributed by atoms with Crippen LogP contribution in [0.3, 0.4) is 0 Å². The lowest BCUT2D eigenvalue weighted by molar-refractivity contribution is -0.138. The molecule has 0 radical (unpaired) electrons. The zero-order chi connectivity index (χ0) is 20.5. The molecule has 1 aromatic carbocycles. The molecule has 0 saturated carbocycles. The number of carboxylic acid groups (broad SMARTS) is 1. The fourth-order valence-electron chi connectivity index (χ4n) is 2.88. The topological polar surface area (TPSA) is 102 Å². The highest BCUT2D eigenvalue weighted by Gasteiger charge is 2.36. The molecular formula is C19H15F3N4O2. The summed E-state index contributed by atoms with van der Waals surface area (Å²) in [6.45, 7) is 1.86. The van der Waals surface area contributed by atoms with Crippen LogP contribution in [0.2, 0.25) is 0 Å². The molecule has 0 bridgehead atoms. The van der Waals surface area contributed by atoms with Gasteiger partial charge in [-0.15, -0.1) is 0 Å². The summed E-state index contributed by atoms with van der Waals surface area (Å²) in [6.07, 6.45) is -1.56. The van der Waals surface area contributed by atoms with Crippen molar-refractivity contribution in [3.8, 4) is 22.4 Å². The van der Waals surface area contributed by atoms with Crippen LogP contribution in [0.1, 0.15) is 28.5 Å². The van der Waals surface area contributed by atoms with Crippen LogP contribution in [0.25, 0.3) is 22.4 Å². The molecule has 0 atom stereocenters. The molecule has 9 heteroatoms. The molecule has 0 spiro atoms. The first kappa shape index (κ1) is 19.3. The van der Waals surface area contributed by atoms with Gasteiger partial charge in [0.05, 0.1) is 22.5 Å². The average molecular weight is 388 g/mol. The second kappa shape index (κ2) is 7.26. The van der Waals surface area contributed by atoms with E-state index in [2.05, 4.69) is 15.0 Å². The molecule has 3 rings (SSSR count). The smallest absolute Gasteiger partial charge is 0.417 e. The van der Waals surface area contributed by atoms with E-state index in [4.69, 9.17) is 10.8 Å². The summed E-state index contributed by atoms with van der Waals surface area (Å²) < 4.78 is 40.2. The molecule has 0 unspecified atom stereocenters. The van der Waals surface area contributed by atoms with Crippen LogP contribution < -0.4 is 5.73 Å². The zero-order valence-electron chi connectivity index (χ0n) is 14.7. The first-order valence-electron chi connectivity index (χ1n) is 8.23. The number of aromatic carboxylic acids is 1. The lowest BCUT2D eigenvalue weighted by atomic mass is 9.95. The monoisotopic (exact) mass is 388 g/mol. The Labute approximate surface area is 157 Å². The highest BCUT2D eigenvalue weighted by molar-refractivity contribution is 5.91. The third kappa shape index (κ3) is 3.64. The van der Waals surface area contributed by atoms with Gasteiger partial charge in [0.1, 0.15) is 12.1 Å². The summed E-state index contributed by atoms with van der Waals surface area (Å²) >= 11 is 0. The van der Waals surface area contributed by atoms with Crippen molar-refractivity contribution in [1.29, 1.82) is 0 Å². The van der Waals surface area contributed by atoms with Gasteiger partial charge in [-0.3, -0.25) is 0 Å². The Kier molecular flexibility index (Phi) is 5.00. The standard InChI is InChI=1S/C19H15F3N4O2/c1-2-14-16(11-4-6-15(23)24-8-11)17(26-9-25-14)10-3-5-12(18(27)28)13(7-10)19(20,21)22/h3-9H,2H2,1H3,(H2,23,24)(H,27,28). The van der Waals surface area contributed by atoms with Crippen molar-refractivity contribution in [2.24, 2.45) is 0 Å². The lowest BCUT2D eigenvalue weighted by Gasteiger charge is -2.15. The number of alkyl halides is 3. The largest absolute Gasteiger partial charge is 0.478 e. The number of halogens is 3. The molecule has 3 aromatic rings. The highest BCUT2D eigenvalue weighted by atomic mass is 19.4. The van der Waals surface area contributed by atoms with E-state index in [1.54, 1.807) is 12.1 Å². The van der Waals surface area contributed by atoms with Gasteiger partial charge >= 0.3 is 12.1 Å². The number of nitrogens with zero attached hydrogens (tertiary/aromatic N) is 3. The number of nitrogens with two attached hydrogens (primary N) is 1. The molecular weight excluding hydrogens is 373 g/mol. The van der Waals surface area contributed by atoms with Crippen molar-refractivity contribution in [3.63, 3.8) is 0 Å². The Bertz CT molecular complexity index is 1030. The van der Waals surface area contributed by atoms with E-state index in [1.807, 2.05) is 6.92 Å². The highest BCUT2D eigenvalue weighted by Crippen LogP contribution is 2.38. The van der Waals surface area contributed by atoms with Gasteiger partial charge in [0.2, 0.25) is 0 Å². The SMILES string of the molecule is CCc1ncnc(-c2ccc(C(=O)O)c(C(F)(F)F)c2)c1-c1ccc(N)nc1. The predicted octanol–water partition coefficient (Wildman–Crippen LogP) is 4.07. The summed E-state index contributed by atoms with van der Waals surface area (Å²) in [7, 11) is 0. The molecule has 3 N–H and O–H groups in total. The maximum atomic E-state index is 13.4. The molecule has 0 saturated heterocycles. The van der Waals surface area contributed by atoms with Crippen LogP contribution in [0.15, 0.2) is 42.9 Å². The van der Waals surface area contributed by atoms with Crippen molar-refractivity contribution in [3.05, 3.63) is 59.7 Å². The number of nitrogen functional groups attached to an aromatic ring is 1. The minimum Gasteiger partial charge on any atom is -0.478 e. The summed E-state index contributed by atoms with van der Waals surface area (Å²) in [5, 5.41) is 9.09. The number of benzene rings is 1. The van der Waals surface area contributed by atoms with E-state index >= 15 is 0 Å². The molecule has 0 aliphatic heterocycles. The normalized spacial score (nSPS) is 11.4. The number of hydrogen-bond donors (Lipinski definition) is 2. The number of anilines is 1. The fraction of sp³-hybridized carbons (Fsp3) is 0.158. The Balaban J connectivity index is 2.27. The molecule has 2 aromatic heterocycles. The van der Waals surface area contributed by atoms with Crippen LogP contribution in [0.4, 0.5) is 19.0 Å². The van der Waals surface area contributed by atoms with Gasteiger partial charge in [-0.1, -0.05) is 13.0 Å². The maximum absolute atomic E-state index is 13.4. The van der Waals surface area contributed by atoms with Gasteiger partial charge < -0.3 is 10.8 Å². The number of aryl methyl sites for hydroxylation is 1. The van der Waals surface area contributed by atoms with E-state index in [0.717, 1.165) is 12.1 Å². The molecule has 6 nitrogen and oxygen atoms in total. The third-order valence-corrected chi connectivity index (χ3v) is 4.16. The average Bonchev–Trinajstić information content (AvgIpc) is 2.67. The number of rotatable bonds is 4. The summed E-state index contributed by atoms with van der Waals surface area (Å²) in [4.78, 5) is 23.6. The minimum atomic E-state index is -4.83. The van der Waals surface area contributed by atoms with Crippen LogP contribution in [-0.2, 0) is 12.6 Å². The third-order valence-electron chi connectivity index (χ3n) is 4.16. The summed E-state index contributed by atoms with van der Waals surface area (Å²) in [5.41, 5.74) is 5.66. The molecule has 0 amide bonds. The first-order chi connectivity index (χ1) is 13.2. The minimum absolute atomic E-state index is 0.126. The van der Waals surface area contributed by atoms with Crippen molar-refractivity contribution in [2.45, 2.75) is 19.5 Å². The molecule has 0 aliphatic carbocycles. The van der Waals surface area contributed by atoms with Gasteiger partial charge in [-0.25, -0.2) is 19.7 Å². The van der Waals surface area contributed by atoms with E-state index in [0.29, 0.717) is 29.1 Å². The Morgan fingerprint density at radius 3 is 2.39 bits per heavy atom. The number of aromatic nitrogens is 3. The Morgan fingerprint density at radius 1 is 1.11 bits per heavy atom. The van der Waals surface area contributed by atoms with Gasteiger partial charge in [0.25, 0.3) is 0 Å². The quantitative estimate of drug-likeness (QED) is 0.699. The Morgan fingerprint density at radius 2 is 1.82 bits per heavy atom. The maximum Gasteiger partial charge on any atom is 0.417 e. The first-order valence-corrected chi connectivity index (χ1v) is 8.23. The number of pyridine rings is 1. The van der Waals surface area contributed by atoms with E-state index in [9.17, 15) is 18.0 Å². The second-order valence-electron chi connectivity index (χ2n) is 5.93. The van der Waals surface area contributed by atoms with Crippen molar-refractivity contribution in [1.82, 2.24) is 15.0 Å². The molecule has 2 heterocycles. The van der Waals surface area contributed by atoms with Crippen molar-refractivity contribution >= 4 is 11.8 Å². The van der Waals surface area contributed by atoms with Crippen LogP contribution in [0, 0.1) is 0 Å². The van der Waals surface area contributed by atoms with E-state index in [-0.39, 0.29) is 11.3 Å². The van der Waals surface area contributed by atoms with Crippen LogP contribution >= 0.6 is 0 Å². The van der Waals surface area contributed by atoms with E-state index in [1.165, 1.54) is 18.6 Å². The van der Waals surface area contributed by atoms with Gasteiger partial charge in [-0.05, 0) is 30.7 Å².